The first-order chi connectivity index (χ1) is 8.08. The van der Waals surface area contributed by atoms with Gasteiger partial charge in [0.1, 0.15) is 5.82 Å². The van der Waals surface area contributed by atoms with Gasteiger partial charge < -0.3 is 10.0 Å². The van der Waals surface area contributed by atoms with Crippen molar-refractivity contribution in [2.75, 3.05) is 33.7 Å². The molecule has 2 rings (SSSR count). The lowest BCUT2D eigenvalue weighted by Gasteiger charge is -2.40. The minimum absolute atomic E-state index is 0.0687. The van der Waals surface area contributed by atoms with Crippen LogP contribution < -0.4 is 0 Å². The Bertz CT molecular complexity index is 368. The topological polar surface area (TPSA) is 26.7 Å². The van der Waals surface area contributed by atoms with Gasteiger partial charge in [-0.3, -0.25) is 4.90 Å². The predicted molar refractivity (Wildman–Crippen MR) is 65.3 cm³/mol. The van der Waals surface area contributed by atoms with Crippen LogP contribution in [0.2, 0.25) is 0 Å². The third-order valence-electron chi connectivity index (χ3n) is 3.48. The quantitative estimate of drug-likeness (QED) is 0.836. The van der Waals surface area contributed by atoms with E-state index in [1.807, 2.05) is 7.05 Å². The molecular formula is C13H19FN2O. The second-order valence-corrected chi connectivity index (χ2v) is 4.81. The minimum Gasteiger partial charge on any atom is -0.387 e. The van der Waals surface area contributed by atoms with E-state index in [1.165, 1.54) is 12.1 Å². The van der Waals surface area contributed by atoms with Gasteiger partial charge in [-0.1, -0.05) is 12.1 Å². The molecule has 1 aromatic rings. The Morgan fingerprint density at radius 1 is 1.24 bits per heavy atom. The summed E-state index contributed by atoms with van der Waals surface area (Å²) in [4.78, 5) is 4.37. The van der Waals surface area contributed by atoms with Gasteiger partial charge >= 0.3 is 0 Å². The van der Waals surface area contributed by atoms with Crippen LogP contribution in [0.15, 0.2) is 24.3 Å². The fraction of sp³-hybridized carbons (Fsp3) is 0.538. The van der Waals surface area contributed by atoms with Crippen molar-refractivity contribution in [2.24, 2.45) is 0 Å². The number of rotatable bonds is 2. The van der Waals surface area contributed by atoms with Gasteiger partial charge in [0.25, 0.3) is 0 Å². The molecule has 1 aliphatic rings. The van der Waals surface area contributed by atoms with Gasteiger partial charge in [0.2, 0.25) is 0 Å². The molecule has 0 bridgehead atoms. The van der Waals surface area contributed by atoms with E-state index in [9.17, 15) is 9.50 Å². The van der Waals surface area contributed by atoms with Crippen LogP contribution in [0.5, 0.6) is 0 Å². The number of likely N-dealkylation sites (N-methyl/N-ethyl adjacent to an activating group) is 2. The Balaban J connectivity index is 2.12. The Morgan fingerprint density at radius 3 is 2.53 bits per heavy atom. The lowest BCUT2D eigenvalue weighted by atomic mass is 9.99. The zero-order valence-corrected chi connectivity index (χ0v) is 10.3. The average molecular weight is 238 g/mol. The van der Waals surface area contributed by atoms with Gasteiger partial charge in [-0.05, 0) is 31.8 Å². The van der Waals surface area contributed by atoms with Crippen LogP contribution in [0.3, 0.4) is 0 Å². The largest absolute Gasteiger partial charge is 0.387 e. The summed E-state index contributed by atoms with van der Waals surface area (Å²) in [6.45, 7) is 2.79. The van der Waals surface area contributed by atoms with E-state index >= 15 is 0 Å². The van der Waals surface area contributed by atoms with E-state index in [4.69, 9.17) is 0 Å². The number of hydrogen-bond donors (Lipinski definition) is 1. The average Bonchev–Trinajstić information content (AvgIpc) is 2.32. The maximum atomic E-state index is 12.8. The fourth-order valence-corrected chi connectivity index (χ4v) is 2.27. The molecule has 0 aromatic heterocycles. The first-order valence-electron chi connectivity index (χ1n) is 5.90. The standard InChI is InChI=1S/C13H19FN2O/c1-15-7-8-16(2)12(9-15)13(17)10-3-5-11(14)6-4-10/h3-6,12-13,17H,7-9H2,1-2H3. The lowest BCUT2D eigenvalue weighted by molar-refractivity contribution is 0.0138. The number of aliphatic hydroxyl groups excluding tert-OH is 1. The highest BCUT2D eigenvalue weighted by Crippen LogP contribution is 2.23. The molecule has 0 saturated carbocycles. The molecule has 2 atom stereocenters. The molecule has 1 aliphatic heterocycles. The summed E-state index contributed by atoms with van der Waals surface area (Å²) in [6, 6.07) is 6.17. The predicted octanol–water partition coefficient (Wildman–Crippen LogP) is 1.10. The Morgan fingerprint density at radius 2 is 1.88 bits per heavy atom. The van der Waals surface area contributed by atoms with Crippen LogP contribution >= 0.6 is 0 Å². The number of hydrogen-bond acceptors (Lipinski definition) is 3. The summed E-state index contributed by atoms with van der Waals surface area (Å²) >= 11 is 0. The van der Waals surface area contributed by atoms with Gasteiger partial charge in [-0.25, -0.2) is 4.39 Å². The Kier molecular flexibility index (Phi) is 3.76. The number of piperazine rings is 1. The van der Waals surface area contributed by atoms with Crippen molar-refractivity contribution in [3.63, 3.8) is 0 Å². The smallest absolute Gasteiger partial charge is 0.123 e. The summed E-state index contributed by atoms with van der Waals surface area (Å²) in [5.74, 6) is -0.268. The molecule has 94 valence electrons. The van der Waals surface area contributed by atoms with Crippen LogP contribution in [-0.4, -0.2) is 54.7 Å². The molecule has 4 heteroatoms. The summed E-state index contributed by atoms with van der Waals surface area (Å²) in [7, 11) is 4.07. The van der Waals surface area contributed by atoms with Gasteiger partial charge in [-0.2, -0.15) is 0 Å². The molecule has 2 unspecified atom stereocenters. The minimum atomic E-state index is -0.566. The van der Waals surface area contributed by atoms with Crippen LogP contribution in [0.1, 0.15) is 11.7 Å². The highest BCUT2D eigenvalue weighted by molar-refractivity contribution is 5.20. The molecular weight excluding hydrogens is 219 g/mol. The molecule has 17 heavy (non-hydrogen) atoms. The number of halogens is 1. The van der Waals surface area contributed by atoms with E-state index in [2.05, 4.69) is 16.8 Å². The molecule has 0 amide bonds. The molecule has 1 saturated heterocycles. The van der Waals surface area contributed by atoms with E-state index in [1.54, 1.807) is 12.1 Å². The molecule has 1 heterocycles. The monoisotopic (exact) mass is 238 g/mol. The third kappa shape index (κ3) is 2.83. The van der Waals surface area contributed by atoms with Gasteiger partial charge in [0, 0.05) is 19.6 Å². The number of aliphatic hydroxyl groups is 1. The Labute approximate surface area is 101 Å². The zero-order valence-electron chi connectivity index (χ0n) is 10.3. The van der Waals surface area contributed by atoms with Crippen molar-refractivity contribution in [3.05, 3.63) is 35.6 Å². The van der Waals surface area contributed by atoms with E-state index < -0.39 is 6.10 Å². The first-order valence-corrected chi connectivity index (χ1v) is 5.90. The SMILES string of the molecule is CN1CCN(C)C(C(O)c2ccc(F)cc2)C1. The molecule has 1 N–H and O–H groups in total. The van der Waals surface area contributed by atoms with Crippen molar-refractivity contribution in [3.8, 4) is 0 Å². The normalized spacial score (nSPS) is 24.8. The fourth-order valence-electron chi connectivity index (χ4n) is 2.27. The maximum absolute atomic E-state index is 12.8. The summed E-state index contributed by atoms with van der Waals surface area (Å²) < 4.78 is 12.8. The number of benzene rings is 1. The van der Waals surface area contributed by atoms with Gasteiger partial charge in [0.05, 0.1) is 12.1 Å². The van der Waals surface area contributed by atoms with Crippen molar-refractivity contribution in [1.82, 2.24) is 9.80 Å². The van der Waals surface area contributed by atoms with E-state index in [0.29, 0.717) is 0 Å². The van der Waals surface area contributed by atoms with Crippen LogP contribution in [-0.2, 0) is 0 Å². The van der Waals surface area contributed by atoms with E-state index in [-0.39, 0.29) is 11.9 Å². The highest BCUT2D eigenvalue weighted by atomic mass is 19.1. The molecule has 0 radical (unpaired) electrons. The lowest BCUT2D eigenvalue weighted by Crippen LogP contribution is -2.52. The summed E-state index contributed by atoms with van der Waals surface area (Å²) in [5.41, 5.74) is 0.776. The highest BCUT2D eigenvalue weighted by Gasteiger charge is 2.29. The number of nitrogens with zero attached hydrogens (tertiary/aromatic N) is 2. The van der Waals surface area contributed by atoms with Crippen molar-refractivity contribution >= 4 is 0 Å². The zero-order chi connectivity index (χ0) is 12.4. The summed E-state index contributed by atoms with van der Waals surface area (Å²) in [6.07, 6.45) is -0.566. The third-order valence-corrected chi connectivity index (χ3v) is 3.48. The maximum Gasteiger partial charge on any atom is 0.123 e. The van der Waals surface area contributed by atoms with Crippen molar-refractivity contribution < 1.29 is 9.50 Å². The molecule has 1 fully saturated rings. The van der Waals surface area contributed by atoms with E-state index in [0.717, 1.165) is 25.2 Å². The van der Waals surface area contributed by atoms with Gasteiger partial charge in [-0.15, -0.1) is 0 Å². The van der Waals surface area contributed by atoms with Crippen molar-refractivity contribution in [2.45, 2.75) is 12.1 Å². The first kappa shape index (κ1) is 12.5. The molecule has 3 nitrogen and oxygen atoms in total. The molecule has 1 aromatic carbocycles. The molecule has 0 aliphatic carbocycles. The van der Waals surface area contributed by atoms with Gasteiger partial charge in [0.15, 0.2) is 0 Å². The Hall–Kier alpha value is -0.970. The van der Waals surface area contributed by atoms with Crippen LogP contribution in [0.25, 0.3) is 0 Å². The second-order valence-electron chi connectivity index (χ2n) is 4.81. The second kappa shape index (κ2) is 5.12. The van der Waals surface area contributed by atoms with Crippen LogP contribution in [0, 0.1) is 5.82 Å². The van der Waals surface area contributed by atoms with Crippen molar-refractivity contribution in [1.29, 1.82) is 0 Å². The summed E-state index contributed by atoms with van der Waals surface area (Å²) in [5, 5.41) is 10.3. The van der Waals surface area contributed by atoms with Crippen LogP contribution in [0.4, 0.5) is 4.39 Å². The molecule has 0 spiro atoms.